The Morgan fingerprint density at radius 3 is 1.82 bits per heavy atom. The van der Waals surface area contributed by atoms with Crippen molar-refractivity contribution >= 4 is 22.6 Å². The van der Waals surface area contributed by atoms with Crippen LogP contribution in [0.1, 0.15) is 37.4 Å². The number of H-pyrrole nitrogens is 1. The van der Waals surface area contributed by atoms with Crippen LogP contribution in [0.15, 0.2) is 27.8 Å². The maximum Gasteiger partial charge on any atom is 0.417 e. The van der Waals surface area contributed by atoms with Gasteiger partial charge in [-0.1, -0.05) is 14.9 Å². The van der Waals surface area contributed by atoms with Crippen LogP contribution in [-0.4, -0.2) is 9.55 Å². The molecule has 2 aromatic heterocycles. The molecule has 2 heterocycles. The fraction of sp³-hybridized carbons (Fsp3) is 0.412. The topological polar surface area (TPSA) is 54.9 Å². The van der Waals surface area contributed by atoms with Crippen LogP contribution in [0.25, 0.3) is 0 Å². The van der Waals surface area contributed by atoms with Crippen molar-refractivity contribution in [1.29, 1.82) is 0 Å². The van der Waals surface area contributed by atoms with Crippen LogP contribution in [0.4, 0.5) is 26.3 Å². The molecule has 2 rings (SSSR count). The Morgan fingerprint density at radius 2 is 1.43 bits per heavy atom. The summed E-state index contributed by atoms with van der Waals surface area (Å²) >= 11 is 1.59. The number of hydrogen-bond donors (Lipinski definition) is 1. The average Bonchev–Trinajstić information content (AvgIpc) is 2.46. The molecule has 0 unspecified atom stereocenters. The van der Waals surface area contributed by atoms with Gasteiger partial charge in [0.2, 0.25) is 5.56 Å². The lowest BCUT2D eigenvalue weighted by Crippen LogP contribution is -2.23. The molecule has 0 aliphatic carbocycles. The van der Waals surface area contributed by atoms with Gasteiger partial charge in [0.25, 0.3) is 5.56 Å². The monoisotopic (exact) mass is 526 g/mol. The number of aryl methyl sites for hydroxylation is 1. The van der Waals surface area contributed by atoms with E-state index in [1.807, 2.05) is 0 Å². The zero-order chi connectivity index (χ0) is 20.4. The van der Waals surface area contributed by atoms with Crippen molar-refractivity contribution in [3.05, 3.63) is 65.0 Å². The van der Waals surface area contributed by atoms with Crippen LogP contribution in [0.3, 0.4) is 0 Å². The highest BCUT2D eigenvalue weighted by Crippen LogP contribution is 2.32. The van der Waals surface area contributed by atoms with Gasteiger partial charge in [-0.3, -0.25) is 9.59 Å². The molecule has 1 N–H and O–H groups in total. The van der Waals surface area contributed by atoms with Gasteiger partial charge in [0.1, 0.15) is 0 Å². The van der Waals surface area contributed by atoms with Crippen molar-refractivity contribution in [3.63, 3.8) is 0 Å². The summed E-state index contributed by atoms with van der Waals surface area (Å²) in [6.07, 6.45) is -8.91. The number of pyridine rings is 2. The van der Waals surface area contributed by atoms with Gasteiger partial charge in [0.05, 0.1) is 11.1 Å². The Balaban J connectivity index is 0. The largest absolute Gasteiger partial charge is 0.417 e. The van der Waals surface area contributed by atoms with Crippen molar-refractivity contribution in [1.82, 2.24) is 9.55 Å². The highest BCUT2D eigenvalue weighted by Gasteiger charge is 2.34. The van der Waals surface area contributed by atoms with E-state index in [1.165, 1.54) is 25.5 Å². The SMILES string of the molecule is C.C.Cc1c(I)c(C(F)(F)F)cc(=O)n1C.Cc1cc(C(F)(F)F)cc(=O)[nH]1. The van der Waals surface area contributed by atoms with Crippen LogP contribution < -0.4 is 11.1 Å². The van der Waals surface area contributed by atoms with Crippen molar-refractivity contribution < 1.29 is 26.3 Å². The summed E-state index contributed by atoms with van der Waals surface area (Å²) in [5.41, 5.74) is -2.62. The van der Waals surface area contributed by atoms with Crippen molar-refractivity contribution in [2.75, 3.05) is 0 Å². The number of rotatable bonds is 0. The summed E-state index contributed by atoms with van der Waals surface area (Å²) in [6, 6.07) is 2.04. The number of halogens is 7. The Hall–Kier alpha value is -1.79. The minimum Gasteiger partial charge on any atom is -0.326 e. The highest BCUT2D eigenvalue weighted by molar-refractivity contribution is 14.1. The van der Waals surface area contributed by atoms with E-state index in [4.69, 9.17) is 0 Å². The molecule has 0 aromatic carbocycles. The third-order valence-electron chi connectivity index (χ3n) is 3.27. The minimum atomic E-state index is -4.46. The number of hydrogen-bond acceptors (Lipinski definition) is 2. The molecule has 28 heavy (non-hydrogen) atoms. The third-order valence-corrected chi connectivity index (χ3v) is 4.63. The van der Waals surface area contributed by atoms with Gasteiger partial charge in [0.15, 0.2) is 0 Å². The smallest absolute Gasteiger partial charge is 0.326 e. The predicted octanol–water partition coefficient (Wildman–Crippen LogP) is 5.29. The molecule has 0 fully saturated rings. The van der Waals surface area contributed by atoms with E-state index in [2.05, 4.69) is 4.98 Å². The summed E-state index contributed by atoms with van der Waals surface area (Å²) in [6.45, 7) is 2.88. The van der Waals surface area contributed by atoms with E-state index in [0.717, 1.165) is 6.07 Å². The van der Waals surface area contributed by atoms with Gasteiger partial charge in [0, 0.05) is 34.1 Å². The summed E-state index contributed by atoms with van der Waals surface area (Å²) in [4.78, 5) is 23.9. The average molecular weight is 526 g/mol. The number of nitrogens with zero attached hydrogens (tertiary/aromatic N) is 1. The molecule has 11 heteroatoms. The molecule has 0 saturated heterocycles. The van der Waals surface area contributed by atoms with E-state index >= 15 is 0 Å². The first-order valence-electron chi connectivity index (χ1n) is 6.86. The number of aromatic amines is 1. The van der Waals surface area contributed by atoms with Crippen molar-refractivity contribution in [2.45, 2.75) is 41.1 Å². The zero-order valence-electron chi connectivity index (χ0n) is 13.6. The highest BCUT2D eigenvalue weighted by atomic mass is 127. The first kappa shape index (κ1) is 28.4. The number of alkyl halides is 6. The first-order valence-corrected chi connectivity index (χ1v) is 7.94. The molecule has 0 spiro atoms. The second-order valence-electron chi connectivity index (χ2n) is 5.27. The van der Waals surface area contributed by atoms with Gasteiger partial charge in [-0.25, -0.2) is 0 Å². The Morgan fingerprint density at radius 1 is 0.929 bits per heavy atom. The Bertz CT molecular complexity index is 914. The summed E-state index contributed by atoms with van der Waals surface area (Å²) < 4.78 is 74.4. The standard InChI is InChI=1S/C8H7F3INO.C7H6F3NO.2CH4/c1-4-7(12)5(8(9,10)11)3-6(14)13(4)2;1-4-2-5(7(8,9)10)3-6(12)11-4;;/h3H,1-2H3;2-3H,1H3,(H,11,12);2*1H4. The second kappa shape index (κ2) is 10.1. The maximum absolute atomic E-state index is 12.4. The lowest BCUT2D eigenvalue weighted by Gasteiger charge is -2.12. The molecule has 0 aliphatic heterocycles. The van der Waals surface area contributed by atoms with Crippen LogP contribution in [0.5, 0.6) is 0 Å². The van der Waals surface area contributed by atoms with E-state index < -0.39 is 34.6 Å². The van der Waals surface area contributed by atoms with E-state index in [0.29, 0.717) is 17.8 Å². The van der Waals surface area contributed by atoms with Crippen LogP contribution >= 0.6 is 22.6 Å². The molecule has 4 nitrogen and oxygen atoms in total. The minimum absolute atomic E-state index is 0. The molecular formula is C17H21F6IN2O2. The van der Waals surface area contributed by atoms with Crippen molar-refractivity contribution in [3.8, 4) is 0 Å². The summed E-state index contributed by atoms with van der Waals surface area (Å²) in [5, 5.41) is 0. The first-order chi connectivity index (χ1) is 11.6. The number of nitrogens with one attached hydrogen (secondary N) is 1. The van der Waals surface area contributed by atoms with Crippen LogP contribution in [-0.2, 0) is 19.4 Å². The lowest BCUT2D eigenvalue weighted by molar-refractivity contribution is -0.139. The molecule has 0 amide bonds. The van der Waals surface area contributed by atoms with E-state index in [9.17, 15) is 35.9 Å². The molecule has 160 valence electrons. The fourth-order valence-electron chi connectivity index (χ4n) is 1.84. The van der Waals surface area contributed by atoms with E-state index in [1.54, 1.807) is 22.6 Å². The molecule has 0 saturated carbocycles. The predicted molar refractivity (Wildman–Crippen MR) is 104 cm³/mol. The maximum atomic E-state index is 12.4. The molecular weight excluding hydrogens is 505 g/mol. The van der Waals surface area contributed by atoms with E-state index in [-0.39, 0.29) is 24.1 Å². The molecule has 0 atom stereocenters. The molecule has 0 aliphatic rings. The summed E-state index contributed by atoms with van der Waals surface area (Å²) in [5.74, 6) is 0. The van der Waals surface area contributed by atoms with Crippen LogP contribution in [0, 0.1) is 17.4 Å². The Kier molecular flexibility index (Phi) is 10.3. The molecule has 0 radical (unpaired) electrons. The summed E-state index contributed by atoms with van der Waals surface area (Å²) in [7, 11) is 1.44. The quantitative estimate of drug-likeness (QED) is 0.375. The van der Waals surface area contributed by atoms with Gasteiger partial charge < -0.3 is 9.55 Å². The van der Waals surface area contributed by atoms with Gasteiger partial charge in [-0.2, -0.15) is 26.3 Å². The third kappa shape index (κ3) is 7.32. The fourth-order valence-corrected chi connectivity index (χ4v) is 2.67. The lowest BCUT2D eigenvalue weighted by atomic mass is 10.2. The zero-order valence-corrected chi connectivity index (χ0v) is 15.8. The molecule has 0 bridgehead atoms. The normalized spacial score (nSPS) is 10.9. The van der Waals surface area contributed by atoms with Gasteiger partial charge in [-0.05, 0) is 42.5 Å². The van der Waals surface area contributed by atoms with Gasteiger partial charge in [-0.15, -0.1) is 0 Å². The van der Waals surface area contributed by atoms with Crippen LogP contribution in [0.2, 0.25) is 0 Å². The Labute approximate surface area is 171 Å². The van der Waals surface area contributed by atoms with Crippen molar-refractivity contribution in [2.24, 2.45) is 7.05 Å². The second-order valence-corrected chi connectivity index (χ2v) is 6.35. The van der Waals surface area contributed by atoms with Gasteiger partial charge >= 0.3 is 12.4 Å². The molecule has 2 aromatic rings. The number of aromatic nitrogens is 2.